The highest BCUT2D eigenvalue weighted by Crippen LogP contribution is 2.43. The molecule has 3 rings (SSSR count). The molecule has 0 aliphatic heterocycles. The van der Waals surface area contributed by atoms with E-state index in [1.54, 1.807) is 0 Å². The van der Waals surface area contributed by atoms with Crippen LogP contribution >= 0.6 is 0 Å². The monoisotopic (exact) mass is 278 g/mol. The Morgan fingerprint density at radius 1 is 1.05 bits per heavy atom. The van der Waals surface area contributed by atoms with Gasteiger partial charge >= 0.3 is 0 Å². The van der Waals surface area contributed by atoms with E-state index in [4.69, 9.17) is 5.73 Å². The highest BCUT2D eigenvalue weighted by atomic mass is 15.2. The zero-order chi connectivity index (χ0) is 14.2. The molecule has 0 amide bonds. The molecule has 2 atom stereocenters. The predicted octanol–water partition coefficient (Wildman–Crippen LogP) is 3.65. The Morgan fingerprint density at radius 2 is 1.65 bits per heavy atom. The van der Waals surface area contributed by atoms with Gasteiger partial charge in [0.15, 0.2) is 0 Å². The molecule has 0 aromatic carbocycles. The second-order valence-corrected chi connectivity index (χ2v) is 8.32. The van der Waals surface area contributed by atoms with Crippen molar-refractivity contribution in [3.63, 3.8) is 0 Å². The summed E-state index contributed by atoms with van der Waals surface area (Å²) >= 11 is 0. The van der Waals surface area contributed by atoms with Crippen LogP contribution in [0.2, 0.25) is 0 Å². The minimum Gasteiger partial charge on any atom is -0.329 e. The smallest absolute Gasteiger partial charge is 0.0334 e. The first kappa shape index (κ1) is 14.8. The molecule has 3 fully saturated rings. The van der Waals surface area contributed by atoms with E-state index >= 15 is 0 Å². The fourth-order valence-corrected chi connectivity index (χ4v) is 4.24. The van der Waals surface area contributed by atoms with Crippen LogP contribution in [0.25, 0.3) is 0 Å². The molecule has 20 heavy (non-hydrogen) atoms. The van der Waals surface area contributed by atoms with Crippen LogP contribution in [0.4, 0.5) is 0 Å². The van der Waals surface area contributed by atoms with Crippen LogP contribution in [0.5, 0.6) is 0 Å². The third-order valence-electron chi connectivity index (χ3n) is 6.20. The van der Waals surface area contributed by atoms with Gasteiger partial charge in [0.05, 0.1) is 0 Å². The van der Waals surface area contributed by atoms with E-state index in [-0.39, 0.29) is 0 Å². The highest BCUT2D eigenvalue weighted by molar-refractivity contribution is 5.00. The van der Waals surface area contributed by atoms with Crippen molar-refractivity contribution in [2.75, 3.05) is 19.6 Å². The Bertz CT molecular complexity index is 305. The number of hydrogen-bond acceptors (Lipinski definition) is 2. The van der Waals surface area contributed by atoms with Crippen molar-refractivity contribution in [1.82, 2.24) is 4.90 Å². The second kappa shape index (κ2) is 5.96. The first-order chi connectivity index (χ1) is 9.63. The molecule has 3 aliphatic carbocycles. The van der Waals surface area contributed by atoms with Gasteiger partial charge in [0, 0.05) is 25.2 Å². The Hall–Kier alpha value is -0.0800. The molecule has 0 aromatic rings. The summed E-state index contributed by atoms with van der Waals surface area (Å²) in [6.45, 7) is 8.39. The molecule has 116 valence electrons. The summed E-state index contributed by atoms with van der Waals surface area (Å²) in [5.74, 6) is 3.71. The van der Waals surface area contributed by atoms with E-state index in [0.717, 1.165) is 30.2 Å². The third kappa shape index (κ3) is 3.39. The normalized spacial score (nSPS) is 35.0. The highest BCUT2D eigenvalue weighted by Gasteiger charge is 2.44. The molecule has 3 saturated carbocycles. The van der Waals surface area contributed by atoms with Crippen LogP contribution in [0.15, 0.2) is 0 Å². The first-order valence-corrected chi connectivity index (χ1v) is 9.08. The van der Waals surface area contributed by atoms with E-state index in [1.807, 2.05) is 0 Å². The van der Waals surface area contributed by atoms with E-state index in [1.165, 1.54) is 64.5 Å². The number of nitrogens with zero attached hydrogens (tertiary/aromatic N) is 1. The van der Waals surface area contributed by atoms with E-state index in [2.05, 4.69) is 18.7 Å². The molecule has 2 N–H and O–H groups in total. The molecule has 2 unspecified atom stereocenters. The minimum atomic E-state index is 0.346. The summed E-state index contributed by atoms with van der Waals surface area (Å²) in [5.41, 5.74) is 6.70. The summed E-state index contributed by atoms with van der Waals surface area (Å²) in [6.07, 6.45) is 11.4. The maximum absolute atomic E-state index is 6.35. The Kier molecular flexibility index (Phi) is 4.42. The van der Waals surface area contributed by atoms with E-state index in [0.29, 0.717) is 5.54 Å². The van der Waals surface area contributed by atoms with Gasteiger partial charge in [0.2, 0.25) is 0 Å². The molecule has 2 nitrogen and oxygen atoms in total. The molecular formula is C18H34N2. The van der Waals surface area contributed by atoms with Gasteiger partial charge in [-0.25, -0.2) is 0 Å². The lowest BCUT2D eigenvalue weighted by Crippen LogP contribution is -2.58. The standard InChI is InChI=1S/C18H34N2/c1-14(2)17-4-3-9-18(10-17,13-19)20(11-15-5-6-15)12-16-7-8-16/h14-17H,3-13,19H2,1-2H3. The molecule has 0 radical (unpaired) electrons. The molecule has 0 heterocycles. The van der Waals surface area contributed by atoms with Gasteiger partial charge in [-0.1, -0.05) is 26.7 Å². The predicted molar refractivity (Wildman–Crippen MR) is 85.6 cm³/mol. The van der Waals surface area contributed by atoms with Crippen molar-refractivity contribution in [1.29, 1.82) is 0 Å². The molecule has 0 spiro atoms. The van der Waals surface area contributed by atoms with Crippen molar-refractivity contribution in [2.45, 2.75) is 70.8 Å². The van der Waals surface area contributed by atoms with Crippen molar-refractivity contribution in [3.05, 3.63) is 0 Å². The van der Waals surface area contributed by atoms with Gasteiger partial charge < -0.3 is 5.73 Å². The van der Waals surface area contributed by atoms with Crippen molar-refractivity contribution in [2.24, 2.45) is 29.4 Å². The fraction of sp³-hybridized carbons (Fsp3) is 1.00. The van der Waals surface area contributed by atoms with Crippen LogP contribution < -0.4 is 5.73 Å². The number of rotatable bonds is 7. The van der Waals surface area contributed by atoms with Gasteiger partial charge in [-0.05, 0) is 62.2 Å². The number of nitrogens with two attached hydrogens (primary N) is 1. The quantitative estimate of drug-likeness (QED) is 0.770. The second-order valence-electron chi connectivity index (χ2n) is 8.32. The Balaban J connectivity index is 1.71. The summed E-state index contributed by atoms with van der Waals surface area (Å²) in [6, 6.07) is 0. The molecule has 0 aromatic heterocycles. The summed E-state index contributed by atoms with van der Waals surface area (Å²) in [5, 5.41) is 0. The lowest BCUT2D eigenvalue weighted by Gasteiger charge is -2.49. The maximum Gasteiger partial charge on any atom is 0.0334 e. The van der Waals surface area contributed by atoms with Gasteiger partial charge in [-0.3, -0.25) is 4.90 Å². The van der Waals surface area contributed by atoms with Gasteiger partial charge in [0.25, 0.3) is 0 Å². The largest absolute Gasteiger partial charge is 0.329 e. The summed E-state index contributed by atoms with van der Waals surface area (Å²) in [7, 11) is 0. The molecule has 3 aliphatic rings. The lowest BCUT2D eigenvalue weighted by atomic mass is 9.70. The minimum absolute atomic E-state index is 0.346. The molecular weight excluding hydrogens is 244 g/mol. The first-order valence-electron chi connectivity index (χ1n) is 9.08. The zero-order valence-electron chi connectivity index (χ0n) is 13.6. The topological polar surface area (TPSA) is 29.3 Å². The van der Waals surface area contributed by atoms with Crippen LogP contribution in [-0.2, 0) is 0 Å². The van der Waals surface area contributed by atoms with Crippen molar-refractivity contribution < 1.29 is 0 Å². The van der Waals surface area contributed by atoms with Crippen LogP contribution in [0, 0.1) is 23.7 Å². The fourth-order valence-electron chi connectivity index (χ4n) is 4.24. The van der Waals surface area contributed by atoms with Crippen LogP contribution in [0.3, 0.4) is 0 Å². The van der Waals surface area contributed by atoms with Crippen molar-refractivity contribution >= 4 is 0 Å². The SMILES string of the molecule is CC(C)C1CCCC(CN)(N(CC2CC2)CC2CC2)C1. The Labute approximate surface area is 125 Å². The maximum atomic E-state index is 6.35. The van der Waals surface area contributed by atoms with Gasteiger partial charge in [-0.2, -0.15) is 0 Å². The van der Waals surface area contributed by atoms with Crippen molar-refractivity contribution in [3.8, 4) is 0 Å². The summed E-state index contributed by atoms with van der Waals surface area (Å²) < 4.78 is 0. The van der Waals surface area contributed by atoms with Crippen LogP contribution in [-0.4, -0.2) is 30.1 Å². The van der Waals surface area contributed by atoms with E-state index in [9.17, 15) is 0 Å². The Morgan fingerprint density at radius 3 is 2.10 bits per heavy atom. The third-order valence-corrected chi connectivity index (χ3v) is 6.20. The van der Waals surface area contributed by atoms with E-state index < -0.39 is 0 Å². The zero-order valence-corrected chi connectivity index (χ0v) is 13.6. The average Bonchev–Trinajstić information content (AvgIpc) is 3.33. The molecule has 2 heteroatoms. The number of hydrogen-bond donors (Lipinski definition) is 1. The average molecular weight is 278 g/mol. The lowest BCUT2D eigenvalue weighted by molar-refractivity contribution is 0.0184. The summed E-state index contributed by atoms with van der Waals surface area (Å²) in [4.78, 5) is 2.87. The van der Waals surface area contributed by atoms with Gasteiger partial charge in [-0.15, -0.1) is 0 Å². The molecule has 0 bridgehead atoms. The molecule has 0 saturated heterocycles. The van der Waals surface area contributed by atoms with Gasteiger partial charge in [0.1, 0.15) is 0 Å². The van der Waals surface area contributed by atoms with Crippen LogP contribution in [0.1, 0.15) is 65.2 Å².